The van der Waals surface area contributed by atoms with Crippen LogP contribution in [0.2, 0.25) is 0 Å². The van der Waals surface area contributed by atoms with E-state index in [0.717, 1.165) is 17.1 Å². The lowest BCUT2D eigenvalue weighted by Crippen LogP contribution is -2.44. The lowest BCUT2D eigenvalue weighted by molar-refractivity contribution is 0.0572. The Labute approximate surface area is 103 Å². The predicted octanol–water partition coefficient (Wildman–Crippen LogP) is -0.609. The fourth-order valence-corrected chi connectivity index (χ4v) is 3.76. The first-order valence-corrected chi connectivity index (χ1v) is 7.44. The van der Waals surface area contributed by atoms with Crippen molar-refractivity contribution in [3.05, 3.63) is 0 Å². The van der Waals surface area contributed by atoms with Crippen LogP contribution >= 0.6 is 0 Å². The number of nitrogens with zero attached hydrogens (tertiary/aromatic N) is 2. The molecular formula is C10H22N2O4S. The largest absolute Gasteiger partial charge is 0.389 e. The van der Waals surface area contributed by atoms with Crippen molar-refractivity contribution in [2.75, 3.05) is 26.2 Å². The van der Waals surface area contributed by atoms with Crippen LogP contribution in [0, 0.1) is 0 Å². The molecule has 1 saturated heterocycles. The van der Waals surface area contributed by atoms with E-state index in [9.17, 15) is 18.6 Å². The molecule has 6 nitrogen and oxygen atoms in total. The second-order valence-electron chi connectivity index (χ2n) is 4.36. The van der Waals surface area contributed by atoms with Crippen molar-refractivity contribution >= 4 is 10.2 Å². The Hall–Kier alpha value is -0.210. The number of aliphatic hydroxyl groups is 2. The number of rotatable bonds is 6. The van der Waals surface area contributed by atoms with Gasteiger partial charge in [-0.25, -0.2) is 0 Å². The van der Waals surface area contributed by atoms with Gasteiger partial charge in [0.05, 0.1) is 12.2 Å². The van der Waals surface area contributed by atoms with E-state index >= 15 is 0 Å². The third-order valence-electron chi connectivity index (χ3n) is 2.82. The summed E-state index contributed by atoms with van der Waals surface area (Å²) in [5, 5.41) is 18.8. The Kier molecular flexibility index (Phi) is 5.33. The number of hydrogen-bond acceptors (Lipinski definition) is 4. The van der Waals surface area contributed by atoms with Gasteiger partial charge in [0.15, 0.2) is 0 Å². The van der Waals surface area contributed by atoms with Crippen LogP contribution in [-0.2, 0) is 10.2 Å². The highest BCUT2D eigenvalue weighted by atomic mass is 32.2. The normalized spacial score (nSPS) is 26.9. The quantitative estimate of drug-likeness (QED) is 0.672. The summed E-state index contributed by atoms with van der Waals surface area (Å²) < 4.78 is 27.0. The minimum absolute atomic E-state index is 0.0204. The molecule has 0 bridgehead atoms. The van der Waals surface area contributed by atoms with Gasteiger partial charge in [0.1, 0.15) is 0 Å². The van der Waals surface area contributed by atoms with Crippen LogP contribution < -0.4 is 0 Å². The van der Waals surface area contributed by atoms with Crippen molar-refractivity contribution < 1.29 is 18.6 Å². The first-order chi connectivity index (χ1) is 7.93. The van der Waals surface area contributed by atoms with E-state index in [4.69, 9.17) is 0 Å². The van der Waals surface area contributed by atoms with Gasteiger partial charge in [-0.2, -0.15) is 17.0 Å². The van der Waals surface area contributed by atoms with Crippen molar-refractivity contribution in [2.24, 2.45) is 0 Å². The van der Waals surface area contributed by atoms with Gasteiger partial charge in [-0.3, -0.25) is 0 Å². The van der Waals surface area contributed by atoms with Gasteiger partial charge in [-0.05, 0) is 12.8 Å². The molecule has 1 aliphatic heterocycles. The van der Waals surface area contributed by atoms with E-state index < -0.39 is 22.4 Å². The summed E-state index contributed by atoms with van der Waals surface area (Å²) >= 11 is 0. The molecule has 2 N–H and O–H groups in total. The summed E-state index contributed by atoms with van der Waals surface area (Å²) in [4.78, 5) is 0. The minimum Gasteiger partial charge on any atom is -0.389 e. The second kappa shape index (κ2) is 6.10. The highest BCUT2D eigenvalue weighted by Gasteiger charge is 2.39. The average molecular weight is 266 g/mol. The Balaban J connectivity index is 2.78. The van der Waals surface area contributed by atoms with Gasteiger partial charge in [0, 0.05) is 26.2 Å². The van der Waals surface area contributed by atoms with Crippen LogP contribution in [-0.4, -0.2) is 65.6 Å². The van der Waals surface area contributed by atoms with Crippen LogP contribution in [0.15, 0.2) is 0 Å². The molecule has 1 heterocycles. The van der Waals surface area contributed by atoms with E-state index in [0.29, 0.717) is 13.1 Å². The summed E-state index contributed by atoms with van der Waals surface area (Å²) in [6.45, 7) is 4.75. The van der Waals surface area contributed by atoms with Crippen LogP contribution in [0.25, 0.3) is 0 Å². The third-order valence-corrected chi connectivity index (χ3v) is 4.79. The van der Waals surface area contributed by atoms with Crippen LogP contribution in [0.5, 0.6) is 0 Å². The third kappa shape index (κ3) is 3.38. The summed E-state index contributed by atoms with van der Waals surface area (Å²) in [6, 6.07) is 0. The highest BCUT2D eigenvalue weighted by Crippen LogP contribution is 2.18. The first-order valence-electron chi connectivity index (χ1n) is 6.04. The van der Waals surface area contributed by atoms with E-state index in [2.05, 4.69) is 0 Å². The van der Waals surface area contributed by atoms with Gasteiger partial charge >= 0.3 is 0 Å². The molecule has 17 heavy (non-hydrogen) atoms. The smallest absolute Gasteiger partial charge is 0.282 e. The minimum atomic E-state index is -3.54. The summed E-state index contributed by atoms with van der Waals surface area (Å²) in [6.07, 6.45) is -0.458. The van der Waals surface area contributed by atoms with Crippen molar-refractivity contribution in [2.45, 2.75) is 38.9 Å². The van der Waals surface area contributed by atoms with Crippen LogP contribution in [0.1, 0.15) is 26.7 Å². The van der Waals surface area contributed by atoms with Crippen molar-refractivity contribution in [3.8, 4) is 0 Å². The Bertz CT molecular complexity index is 309. The van der Waals surface area contributed by atoms with Gasteiger partial charge in [0.2, 0.25) is 0 Å². The Morgan fingerprint density at radius 3 is 1.88 bits per heavy atom. The molecule has 7 heteroatoms. The van der Waals surface area contributed by atoms with Crippen molar-refractivity contribution in [3.63, 3.8) is 0 Å². The molecule has 0 spiro atoms. The zero-order valence-corrected chi connectivity index (χ0v) is 11.2. The maximum absolute atomic E-state index is 12.2. The highest BCUT2D eigenvalue weighted by molar-refractivity contribution is 7.86. The molecule has 1 fully saturated rings. The molecule has 0 aliphatic carbocycles. The molecule has 0 aromatic rings. The molecule has 0 radical (unpaired) electrons. The SMILES string of the molecule is CCCN(CCC)S(=O)(=O)N1CC(O)C(O)C1. The molecule has 0 aromatic carbocycles. The molecule has 2 atom stereocenters. The van der Waals surface area contributed by atoms with Gasteiger partial charge in [-0.15, -0.1) is 0 Å². The molecule has 2 unspecified atom stereocenters. The Morgan fingerprint density at radius 1 is 1.12 bits per heavy atom. The van der Waals surface area contributed by atoms with E-state index in [1.807, 2.05) is 13.8 Å². The van der Waals surface area contributed by atoms with Gasteiger partial charge in [-0.1, -0.05) is 13.8 Å². The standard InChI is InChI=1S/C10H22N2O4S/c1-3-5-11(6-4-2)17(15,16)12-7-9(13)10(14)8-12/h9-10,13-14H,3-8H2,1-2H3. The zero-order chi connectivity index (χ0) is 13.1. The second-order valence-corrected chi connectivity index (χ2v) is 6.29. The topological polar surface area (TPSA) is 81.1 Å². The molecule has 1 rings (SSSR count). The van der Waals surface area contributed by atoms with Gasteiger partial charge in [0.25, 0.3) is 10.2 Å². The molecule has 1 aliphatic rings. The van der Waals surface area contributed by atoms with Crippen LogP contribution in [0.4, 0.5) is 0 Å². The Morgan fingerprint density at radius 2 is 1.53 bits per heavy atom. The number of aliphatic hydroxyl groups excluding tert-OH is 2. The predicted molar refractivity (Wildman–Crippen MR) is 64.7 cm³/mol. The molecule has 0 saturated carbocycles. The summed E-state index contributed by atoms with van der Waals surface area (Å²) in [7, 11) is -3.54. The summed E-state index contributed by atoms with van der Waals surface area (Å²) in [5.74, 6) is 0. The fraction of sp³-hybridized carbons (Fsp3) is 1.00. The fourth-order valence-electron chi connectivity index (χ4n) is 1.93. The lowest BCUT2D eigenvalue weighted by atomic mass is 10.3. The first kappa shape index (κ1) is 14.8. The zero-order valence-electron chi connectivity index (χ0n) is 10.4. The van der Waals surface area contributed by atoms with Crippen molar-refractivity contribution in [1.29, 1.82) is 0 Å². The maximum Gasteiger partial charge on any atom is 0.282 e. The molecular weight excluding hydrogens is 244 g/mol. The van der Waals surface area contributed by atoms with E-state index in [1.165, 1.54) is 4.31 Å². The monoisotopic (exact) mass is 266 g/mol. The number of hydrogen-bond donors (Lipinski definition) is 2. The summed E-state index contributed by atoms with van der Waals surface area (Å²) in [5.41, 5.74) is 0. The lowest BCUT2D eigenvalue weighted by Gasteiger charge is -2.26. The van der Waals surface area contributed by atoms with Gasteiger partial charge < -0.3 is 10.2 Å². The molecule has 102 valence electrons. The molecule has 0 amide bonds. The van der Waals surface area contributed by atoms with Crippen LogP contribution in [0.3, 0.4) is 0 Å². The van der Waals surface area contributed by atoms with E-state index in [-0.39, 0.29) is 13.1 Å². The number of β-amino-alcohol motifs (C(OH)–C–C–N with tert-alkyl or cyclic N) is 2. The molecule has 0 aromatic heterocycles. The average Bonchev–Trinajstić information content (AvgIpc) is 2.59. The maximum atomic E-state index is 12.2. The van der Waals surface area contributed by atoms with E-state index in [1.54, 1.807) is 0 Å². The van der Waals surface area contributed by atoms with Crippen molar-refractivity contribution in [1.82, 2.24) is 8.61 Å².